The van der Waals surface area contributed by atoms with Gasteiger partial charge in [-0.15, -0.1) is 116 Å². The molecule has 0 bridgehead atoms. The Hall–Kier alpha value is -9.98. The predicted octanol–water partition coefficient (Wildman–Crippen LogP) is 22.1. The summed E-state index contributed by atoms with van der Waals surface area (Å²) < 4.78 is 22.3. The molecule has 0 radical (unpaired) electrons. The molecule has 20 aromatic rings. The number of benzene rings is 12. The summed E-state index contributed by atoms with van der Waals surface area (Å²) in [5.41, 5.74) is 15.1. The van der Waals surface area contributed by atoms with Gasteiger partial charge in [-0.2, -0.15) is 0 Å². The zero-order valence-corrected chi connectivity index (χ0v) is 67.5. The van der Waals surface area contributed by atoms with E-state index in [2.05, 4.69) is 317 Å². The van der Waals surface area contributed by atoms with E-state index in [4.69, 9.17) is 17.7 Å². The molecule has 0 aliphatic rings. The second-order valence-electron chi connectivity index (χ2n) is 26.2. The van der Waals surface area contributed by atoms with E-state index in [1.807, 2.05) is 48.5 Å². The van der Waals surface area contributed by atoms with Crippen molar-refractivity contribution in [1.29, 1.82) is 0 Å². The molecule has 4 heterocycles. The molecular formula is C96H72Cl2O4Si2Zr2-2. The SMILES string of the molecule is C[Si](C)=[Zr+2].C[Si](C)=[Zr+2].[Cl-].[Cl-].c1coc(-c2cc3c(-c4cccc5ccccc45)cccc3[cH-]2)c1.c1coc(-c2cc3c(-c4cccc5ccccc45)cccc3[cH-]2)c1.c1coc(-c2cc3c(-c4cccc5ccccc45)cccc3[cH-]2)c1.c1coc(-c2cc3c(-c4cccc5ccccc45)cccc3[cH-]2)c1. The van der Waals surface area contributed by atoms with Gasteiger partial charge in [0, 0.05) is 0 Å². The summed E-state index contributed by atoms with van der Waals surface area (Å²) in [6.45, 7) is 9.23. The molecule has 0 unspecified atom stereocenters. The van der Waals surface area contributed by atoms with Gasteiger partial charge in [-0.1, -0.05) is 287 Å². The van der Waals surface area contributed by atoms with E-state index < -0.39 is 0 Å². The van der Waals surface area contributed by atoms with Crippen molar-refractivity contribution in [2.24, 2.45) is 0 Å². The van der Waals surface area contributed by atoms with Crippen LogP contribution in [0.25, 0.3) is 176 Å². The average molecular weight is 1600 g/mol. The molecule has 106 heavy (non-hydrogen) atoms. The third-order valence-electron chi connectivity index (χ3n) is 18.5. The van der Waals surface area contributed by atoms with Gasteiger partial charge in [-0.3, -0.25) is 0 Å². The summed E-state index contributed by atoms with van der Waals surface area (Å²) in [5.74, 6) is 3.65. The number of hydrogen-bond acceptors (Lipinski definition) is 4. The Labute approximate surface area is 660 Å². The van der Waals surface area contributed by atoms with Gasteiger partial charge in [0.15, 0.2) is 0 Å². The first-order valence-corrected chi connectivity index (χ1v) is 47.3. The topological polar surface area (TPSA) is 52.6 Å². The number of furan rings is 4. The molecule has 16 aromatic carbocycles. The first-order valence-electron chi connectivity index (χ1n) is 35.0. The molecule has 0 saturated heterocycles. The van der Waals surface area contributed by atoms with E-state index in [1.54, 1.807) is 71.7 Å². The minimum atomic E-state index is 0. The van der Waals surface area contributed by atoms with Crippen molar-refractivity contribution in [3.8, 4) is 89.8 Å². The van der Waals surface area contributed by atoms with Gasteiger partial charge in [-0.25, -0.2) is 0 Å². The molecule has 0 atom stereocenters. The smallest absolute Gasteiger partial charge is 0.0796 e. The van der Waals surface area contributed by atoms with E-state index >= 15 is 0 Å². The quantitative estimate of drug-likeness (QED) is 0.112. The van der Waals surface area contributed by atoms with Gasteiger partial charge >= 0.3 is 83.7 Å². The summed E-state index contributed by atoms with van der Waals surface area (Å²) >= 11 is 3.48. The van der Waals surface area contributed by atoms with Crippen molar-refractivity contribution in [3.05, 3.63) is 365 Å². The molecule has 0 amide bonds. The fourth-order valence-electron chi connectivity index (χ4n) is 14.1. The van der Waals surface area contributed by atoms with Crippen molar-refractivity contribution >= 4 is 97.0 Å². The Kier molecular flexibility index (Phi) is 24.2. The van der Waals surface area contributed by atoms with Crippen LogP contribution in [0.15, 0.2) is 382 Å². The normalized spacial score (nSPS) is 10.8. The van der Waals surface area contributed by atoms with Gasteiger partial charge in [0.2, 0.25) is 0 Å². The summed E-state index contributed by atoms with van der Waals surface area (Å²) in [4.78, 5) is 0. The molecule has 0 saturated carbocycles. The number of hydrogen-bond donors (Lipinski definition) is 0. The molecule has 10 heteroatoms. The maximum Gasteiger partial charge on any atom is 0.0796 e. The molecule has 0 fully saturated rings. The van der Waals surface area contributed by atoms with Crippen molar-refractivity contribution in [3.63, 3.8) is 0 Å². The van der Waals surface area contributed by atoms with Crippen LogP contribution in [0, 0.1) is 0 Å². The fourth-order valence-corrected chi connectivity index (χ4v) is 14.1. The third-order valence-corrected chi connectivity index (χ3v) is 18.5. The van der Waals surface area contributed by atoms with Crippen LogP contribution < -0.4 is 24.8 Å². The van der Waals surface area contributed by atoms with Gasteiger partial charge < -0.3 is 42.5 Å². The van der Waals surface area contributed by atoms with E-state index in [1.165, 1.54) is 131 Å². The van der Waals surface area contributed by atoms with E-state index in [0.717, 1.165) is 45.3 Å². The first kappa shape index (κ1) is 74.3. The van der Waals surface area contributed by atoms with Crippen LogP contribution in [0.2, 0.25) is 26.2 Å². The zero-order chi connectivity index (χ0) is 70.9. The van der Waals surface area contributed by atoms with Crippen LogP contribution in [0.1, 0.15) is 0 Å². The fraction of sp³-hybridized carbons (Fsp3) is 0.0417. The molecular weight excluding hydrogens is 1530 g/mol. The number of fused-ring (bicyclic) bond motifs is 8. The van der Waals surface area contributed by atoms with Crippen molar-refractivity contribution < 1.29 is 89.2 Å². The van der Waals surface area contributed by atoms with Crippen LogP contribution in [0.5, 0.6) is 0 Å². The van der Waals surface area contributed by atoms with Crippen LogP contribution in [0.4, 0.5) is 0 Å². The summed E-state index contributed by atoms with van der Waals surface area (Å²) in [7, 11) is 0. The standard InChI is InChI=1S/4C23H15O.2C2H6Si.2ClH.2Zr/c4*1-2-9-19-16(6-1)7-3-10-20(19)21-11-4-8-17-14-18(15-22(17)21)23-12-5-13-24-23;2*1-3-2;;;;/h4*1-15H;2*1-2H3;2*1H;;/q4*-1;;;;;2*+2/p-2. The van der Waals surface area contributed by atoms with Crippen LogP contribution in [-0.4, -0.2) is 10.9 Å². The van der Waals surface area contributed by atoms with Crippen LogP contribution in [-0.2, 0) is 46.7 Å². The summed E-state index contributed by atoms with van der Waals surface area (Å²) in [6, 6.07) is 120. The van der Waals surface area contributed by atoms with Crippen LogP contribution >= 0.6 is 0 Å². The third kappa shape index (κ3) is 16.5. The molecule has 4 nitrogen and oxygen atoms in total. The molecule has 0 aliphatic carbocycles. The Morgan fingerprint density at radius 2 is 0.396 bits per heavy atom. The first-order chi connectivity index (χ1) is 51.1. The van der Waals surface area contributed by atoms with Crippen molar-refractivity contribution in [2.45, 2.75) is 26.2 Å². The second kappa shape index (κ2) is 34.5. The number of rotatable bonds is 8. The maximum absolute atomic E-state index is 5.56. The average Bonchev–Trinajstić information content (AvgIpc) is 1.53. The largest absolute Gasteiger partial charge is 1.00 e. The molecule has 4 aromatic heterocycles. The van der Waals surface area contributed by atoms with E-state index in [9.17, 15) is 0 Å². The summed E-state index contributed by atoms with van der Waals surface area (Å²) in [5, 5.41) is 20.2. The Balaban J connectivity index is 0.000000120. The second-order valence-corrected chi connectivity index (χ2v) is 45.0. The molecule has 20 rings (SSSR count). The Morgan fingerprint density at radius 3 is 0.594 bits per heavy atom. The monoisotopic (exact) mass is 1590 g/mol. The molecule has 512 valence electrons. The molecule has 0 aliphatic heterocycles. The van der Waals surface area contributed by atoms with E-state index in [-0.39, 0.29) is 35.7 Å². The maximum atomic E-state index is 5.56. The molecule has 0 spiro atoms. The molecule has 0 N–H and O–H groups in total. The van der Waals surface area contributed by atoms with Gasteiger partial charge in [0.05, 0.1) is 48.1 Å². The van der Waals surface area contributed by atoms with Crippen molar-refractivity contribution in [2.75, 3.05) is 0 Å². The minimum Gasteiger partial charge on any atom is -1.00 e. The summed E-state index contributed by atoms with van der Waals surface area (Å²) in [6.07, 6.45) is 6.88. The van der Waals surface area contributed by atoms with E-state index in [0.29, 0.717) is 0 Å². The van der Waals surface area contributed by atoms with Gasteiger partial charge in [0.25, 0.3) is 0 Å². The van der Waals surface area contributed by atoms with Gasteiger partial charge in [-0.05, 0) is 89.6 Å². The zero-order valence-electron chi connectivity index (χ0n) is 59.0. The van der Waals surface area contributed by atoms with Crippen molar-refractivity contribution in [1.82, 2.24) is 0 Å². The number of halogens is 2. The van der Waals surface area contributed by atoms with Crippen LogP contribution in [0.3, 0.4) is 0 Å². The Bertz CT molecular complexity index is 5560. The minimum absolute atomic E-state index is 0. The Morgan fingerprint density at radius 1 is 0.217 bits per heavy atom. The predicted molar refractivity (Wildman–Crippen MR) is 436 cm³/mol. The van der Waals surface area contributed by atoms with Gasteiger partial charge in [0.1, 0.15) is 0 Å².